The van der Waals surface area contributed by atoms with Crippen LogP contribution in [0.2, 0.25) is 0 Å². The standard InChI is InChI=1S/C15H22N4/c1-2-3-5-10-14(12-18-19-15(16)17)11-13-8-6-4-7-9-13/h4,6-9,11-12H,2-3,5,10H2,1H3,(H4,16,17,19)/b14-11+,18-12+. The second-order valence-electron chi connectivity index (χ2n) is 4.36. The van der Waals surface area contributed by atoms with Crippen molar-refractivity contribution in [3.8, 4) is 0 Å². The Bertz CT molecular complexity index is 442. The van der Waals surface area contributed by atoms with Gasteiger partial charge in [-0.15, -0.1) is 5.10 Å². The van der Waals surface area contributed by atoms with Gasteiger partial charge in [-0.2, -0.15) is 5.10 Å². The zero-order valence-electron chi connectivity index (χ0n) is 11.4. The lowest BCUT2D eigenvalue weighted by atomic mass is 10.1. The molecule has 102 valence electrons. The predicted octanol–water partition coefficient (Wildman–Crippen LogP) is 2.91. The average Bonchev–Trinajstić information content (AvgIpc) is 2.39. The Hall–Kier alpha value is -2.10. The van der Waals surface area contributed by atoms with Gasteiger partial charge in [0.05, 0.1) is 6.21 Å². The Balaban J connectivity index is 2.76. The molecular weight excluding hydrogens is 236 g/mol. The molecule has 1 rings (SSSR count). The van der Waals surface area contributed by atoms with Gasteiger partial charge in [-0.25, -0.2) is 0 Å². The van der Waals surface area contributed by atoms with Crippen LogP contribution < -0.4 is 11.5 Å². The number of nitrogens with two attached hydrogens (primary N) is 2. The van der Waals surface area contributed by atoms with Crippen molar-refractivity contribution in [1.29, 1.82) is 0 Å². The fraction of sp³-hybridized carbons (Fsp3) is 0.333. The van der Waals surface area contributed by atoms with Crippen molar-refractivity contribution in [2.75, 3.05) is 0 Å². The lowest BCUT2D eigenvalue weighted by Crippen LogP contribution is -2.21. The summed E-state index contributed by atoms with van der Waals surface area (Å²) in [7, 11) is 0. The summed E-state index contributed by atoms with van der Waals surface area (Å²) in [5.41, 5.74) is 12.8. The molecule has 0 spiro atoms. The molecule has 0 fully saturated rings. The summed E-state index contributed by atoms with van der Waals surface area (Å²) in [4.78, 5) is 0. The predicted molar refractivity (Wildman–Crippen MR) is 82.9 cm³/mol. The van der Waals surface area contributed by atoms with Crippen LogP contribution in [0.15, 0.2) is 46.1 Å². The molecule has 0 unspecified atom stereocenters. The van der Waals surface area contributed by atoms with Gasteiger partial charge < -0.3 is 11.5 Å². The highest BCUT2D eigenvalue weighted by atomic mass is 15.3. The zero-order valence-corrected chi connectivity index (χ0v) is 11.4. The van der Waals surface area contributed by atoms with Gasteiger partial charge in [-0.3, -0.25) is 0 Å². The van der Waals surface area contributed by atoms with Crippen molar-refractivity contribution in [3.63, 3.8) is 0 Å². The second-order valence-corrected chi connectivity index (χ2v) is 4.36. The average molecular weight is 258 g/mol. The van der Waals surface area contributed by atoms with Crippen molar-refractivity contribution in [1.82, 2.24) is 0 Å². The van der Waals surface area contributed by atoms with Crippen molar-refractivity contribution in [3.05, 3.63) is 41.5 Å². The topological polar surface area (TPSA) is 76.8 Å². The molecular formula is C15H22N4. The number of unbranched alkanes of at least 4 members (excludes halogenated alkanes) is 2. The Morgan fingerprint density at radius 3 is 2.53 bits per heavy atom. The maximum absolute atomic E-state index is 5.25. The fourth-order valence-electron chi connectivity index (χ4n) is 1.69. The number of allylic oxidation sites excluding steroid dienone is 1. The minimum atomic E-state index is -0.0242. The van der Waals surface area contributed by atoms with Gasteiger partial charge >= 0.3 is 0 Å². The summed E-state index contributed by atoms with van der Waals surface area (Å²) in [6, 6.07) is 10.2. The molecule has 4 nitrogen and oxygen atoms in total. The fourth-order valence-corrected chi connectivity index (χ4v) is 1.69. The number of benzene rings is 1. The normalized spacial score (nSPS) is 11.7. The van der Waals surface area contributed by atoms with E-state index in [-0.39, 0.29) is 5.96 Å². The van der Waals surface area contributed by atoms with E-state index in [1.807, 2.05) is 18.2 Å². The second kappa shape index (κ2) is 8.91. The Morgan fingerprint density at radius 2 is 1.89 bits per heavy atom. The van der Waals surface area contributed by atoms with Crippen LogP contribution in [0.3, 0.4) is 0 Å². The van der Waals surface area contributed by atoms with E-state index >= 15 is 0 Å². The summed E-state index contributed by atoms with van der Waals surface area (Å²) >= 11 is 0. The summed E-state index contributed by atoms with van der Waals surface area (Å²) in [5.74, 6) is -0.0242. The maximum Gasteiger partial charge on any atom is 0.211 e. The van der Waals surface area contributed by atoms with Crippen molar-refractivity contribution in [2.45, 2.75) is 32.6 Å². The lowest BCUT2D eigenvalue weighted by molar-refractivity contribution is 0.724. The SMILES string of the molecule is CCCCCC(/C=N/N=C(N)N)=C\c1ccccc1. The first-order chi connectivity index (χ1) is 9.22. The number of guanidine groups is 1. The Kier molecular flexibility index (Phi) is 7.02. The van der Waals surface area contributed by atoms with E-state index in [2.05, 4.69) is 35.3 Å². The number of hydrogen-bond acceptors (Lipinski definition) is 2. The Labute approximate surface area is 114 Å². The summed E-state index contributed by atoms with van der Waals surface area (Å²) < 4.78 is 0. The van der Waals surface area contributed by atoms with Crippen molar-refractivity contribution in [2.24, 2.45) is 21.7 Å². The molecule has 0 amide bonds. The zero-order chi connectivity index (χ0) is 13.9. The first-order valence-corrected chi connectivity index (χ1v) is 6.60. The van der Waals surface area contributed by atoms with Crippen molar-refractivity contribution < 1.29 is 0 Å². The molecule has 0 atom stereocenters. The van der Waals surface area contributed by atoms with Gasteiger partial charge in [-0.1, -0.05) is 56.2 Å². The highest BCUT2D eigenvalue weighted by molar-refractivity contribution is 5.86. The molecule has 0 saturated heterocycles. The number of rotatable bonds is 7. The van der Waals surface area contributed by atoms with E-state index in [0.717, 1.165) is 24.0 Å². The third-order valence-electron chi connectivity index (χ3n) is 2.62. The molecule has 19 heavy (non-hydrogen) atoms. The summed E-state index contributed by atoms with van der Waals surface area (Å²) in [6.45, 7) is 2.19. The van der Waals surface area contributed by atoms with Gasteiger partial charge in [0.2, 0.25) is 5.96 Å². The van der Waals surface area contributed by atoms with Crippen LogP contribution in [0.25, 0.3) is 6.08 Å². The van der Waals surface area contributed by atoms with E-state index < -0.39 is 0 Å². The maximum atomic E-state index is 5.25. The minimum absolute atomic E-state index is 0.0242. The quantitative estimate of drug-likeness (QED) is 0.341. The Morgan fingerprint density at radius 1 is 1.16 bits per heavy atom. The first kappa shape index (κ1) is 15.0. The molecule has 0 aromatic heterocycles. The van der Waals surface area contributed by atoms with Crippen LogP contribution in [-0.4, -0.2) is 12.2 Å². The van der Waals surface area contributed by atoms with E-state index in [0.29, 0.717) is 0 Å². The van der Waals surface area contributed by atoms with Crippen LogP contribution in [0.5, 0.6) is 0 Å². The van der Waals surface area contributed by atoms with E-state index in [1.54, 1.807) is 6.21 Å². The highest BCUT2D eigenvalue weighted by Gasteiger charge is 1.96. The molecule has 0 aliphatic heterocycles. The molecule has 0 bridgehead atoms. The molecule has 4 heteroatoms. The van der Waals surface area contributed by atoms with Gasteiger partial charge in [0, 0.05) is 0 Å². The lowest BCUT2D eigenvalue weighted by Gasteiger charge is -2.01. The molecule has 1 aromatic carbocycles. The minimum Gasteiger partial charge on any atom is -0.369 e. The van der Waals surface area contributed by atoms with Gasteiger partial charge in [-0.05, 0) is 24.0 Å². The number of nitrogens with zero attached hydrogens (tertiary/aromatic N) is 2. The van der Waals surface area contributed by atoms with E-state index in [9.17, 15) is 0 Å². The highest BCUT2D eigenvalue weighted by Crippen LogP contribution is 2.12. The summed E-state index contributed by atoms with van der Waals surface area (Å²) in [5, 5.41) is 7.53. The van der Waals surface area contributed by atoms with Crippen molar-refractivity contribution >= 4 is 18.3 Å². The van der Waals surface area contributed by atoms with Crippen LogP contribution >= 0.6 is 0 Å². The molecule has 0 radical (unpaired) electrons. The van der Waals surface area contributed by atoms with E-state index in [4.69, 9.17) is 11.5 Å². The molecule has 0 saturated carbocycles. The number of hydrogen-bond donors (Lipinski definition) is 2. The largest absolute Gasteiger partial charge is 0.369 e. The third-order valence-corrected chi connectivity index (χ3v) is 2.62. The molecule has 0 aliphatic carbocycles. The van der Waals surface area contributed by atoms with Gasteiger partial charge in [0.15, 0.2) is 0 Å². The molecule has 1 aromatic rings. The first-order valence-electron chi connectivity index (χ1n) is 6.60. The molecule has 4 N–H and O–H groups in total. The van der Waals surface area contributed by atoms with Gasteiger partial charge in [0.1, 0.15) is 0 Å². The molecule has 0 heterocycles. The van der Waals surface area contributed by atoms with Crippen LogP contribution in [0.4, 0.5) is 0 Å². The molecule has 0 aliphatic rings. The van der Waals surface area contributed by atoms with Crippen LogP contribution in [0.1, 0.15) is 38.2 Å². The smallest absolute Gasteiger partial charge is 0.211 e. The monoisotopic (exact) mass is 258 g/mol. The summed E-state index contributed by atoms with van der Waals surface area (Å²) in [6.07, 6.45) is 8.37. The van der Waals surface area contributed by atoms with E-state index in [1.165, 1.54) is 12.8 Å². The van der Waals surface area contributed by atoms with Crippen LogP contribution in [0, 0.1) is 0 Å². The third kappa shape index (κ3) is 7.03. The van der Waals surface area contributed by atoms with Gasteiger partial charge in [0.25, 0.3) is 0 Å². The van der Waals surface area contributed by atoms with Crippen LogP contribution in [-0.2, 0) is 0 Å².